The van der Waals surface area contributed by atoms with Gasteiger partial charge in [0.1, 0.15) is 11.6 Å². The first-order valence-electron chi connectivity index (χ1n) is 9.13. The van der Waals surface area contributed by atoms with E-state index in [1.165, 1.54) is 12.0 Å². The van der Waals surface area contributed by atoms with Crippen LogP contribution in [0.25, 0.3) is 11.0 Å². The second-order valence-electron chi connectivity index (χ2n) is 6.82. The highest BCUT2D eigenvalue weighted by atomic mass is 16.3. The molecule has 1 unspecified atom stereocenters. The number of hydrogen-bond acceptors (Lipinski definition) is 3. The summed E-state index contributed by atoms with van der Waals surface area (Å²) < 4.78 is 5.75. The lowest BCUT2D eigenvalue weighted by Gasteiger charge is -2.29. The molecule has 1 saturated heterocycles. The van der Waals surface area contributed by atoms with Gasteiger partial charge in [-0.3, -0.25) is 9.59 Å². The fraction of sp³-hybridized carbons (Fsp3) is 0.500. The first-order chi connectivity index (χ1) is 12.0. The smallest absolute Gasteiger partial charge is 0.287 e. The summed E-state index contributed by atoms with van der Waals surface area (Å²) in [4.78, 5) is 26.9. The van der Waals surface area contributed by atoms with Crippen LogP contribution in [-0.2, 0) is 11.2 Å². The minimum Gasteiger partial charge on any atom is -0.451 e. The van der Waals surface area contributed by atoms with Gasteiger partial charge in [-0.25, -0.2) is 0 Å². The van der Waals surface area contributed by atoms with Crippen molar-refractivity contribution >= 4 is 22.8 Å². The zero-order valence-corrected chi connectivity index (χ0v) is 15.2. The average Bonchev–Trinajstić information content (AvgIpc) is 2.98. The third kappa shape index (κ3) is 3.55. The second-order valence-corrected chi connectivity index (χ2v) is 6.82. The molecule has 1 atom stereocenters. The van der Waals surface area contributed by atoms with Crippen LogP contribution >= 0.6 is 0 Å². The van der Waals surface area contributed by atoms with Crippen molar-refractivity contribution in [2.45, 2.75) is 52.5 Å². The Bertz CT molecular complexity index is 788. The number of furan rings is 1. The van der Waals surface area contributed by atoms with E-state index in [1.807, 2.05) is 24.0 Å². The van der Waals surface area contributed by atoms with E-state index in [4.69, 9.17) is 4.42 Å². The third-order valence-corrected chi connectivity index (χ3v) is 5.00. The Morgan fingerprint density at radius 2 is 1.96 bits per heavy atom. The summed E-state index contributed by atoms with van der Waals surface area (Å²) in [6.07, 6.45) is 4.18. The van der Waals surface area contributed by atoms with E-state index in [0.717, 1.165) is 43.3 Å². The van der Waals surface area contributed by atoms with E-state index in [0.29, 0.717) is 11.3 Å². The second kappa shape index (κ2) is 7.30. The Morgan fingerprint density at radius 3 is 2.64 bits per heavy atom. The normalized spacial score (nSPS) is 16.0. The molecular formula is C20H26N2O3. The minimum absolute atomic E-state index is 0.0184. The monoisotopic (exact) mass is 342 g/mol. The Balaban J connectivity index is 1.75. The van der Waals surface area contributed by atoms with Gasteiger partial charge in [-0.15, -0.1) is 0 Å². The number of carbonyl (C=O) groups is 2. The van der Waals surface area contributed by atoms with Crippen LogP contribution in [0.4, 0.5) is 0 Å². The number of rotatable bonds is 4. The van der Waals surface area contributed by atoms with Crippen molar-refractivity contribution in [3.8, 4) is 0 Å². The molecule has 3 rings (SSSR count). The molecule has 0 aliphatic carbocycles. The van der Waals surface area contributed by atoms with Gasteiger partial charge < -0.3 is 14.6 Å². The standard InChI is InChI=1S/C20H26N2O3/c1-4-15-8-9-17-16(12-15)13(2)18(25-17)19(23)21-14(3)20(24)22-10-6-5-7-11-22/h8-9,12,14H,4-7,10-11H2,1-3H3,(H,21,23). The van der Waals surface area contributed by atoms with Crippen molar-refractivity contribution in [2.75, 3.05) is 13.1 Å². The molecule has 1 aliphatic rings. The molecular weight excluding hydrogens is 316 g/mol. The molecule has 2 amide bonds. The Morgan fingerprint density at radius 1 is 1.24 bits per heavy atom. The molecule has 1 aromatic carbocycles. The zero-order chi connectivity index (χ0) is 18.0. The molecule has 1 fully saturated rings. The van der Waals surface area contributed by atoms with Gasteiger partial charge in [-0.2, -0.15) is 0 Å². The summed E-state index contributed by atoms with van der Waals surface area (Å²) in [5.74, 6) is -0.0544. The molecule has 5 heteroatoms. The van der Waals surface area contributed by atoms with Crippen molar-refractivity contribution < 1.29 is 14.0 Å². The predicted molar refractivity (Wildman–Crippen MR) is 97.7 cm³/mol. The summed E-state index contributed by atoms with van der Waals surface area (Å²) in [6.45, 7) is 7.28. The van der Waals surface area contributed by atoms with Gasteiger partial charge in [-0.05, 0) is 57.2 Å². The van der Waals surface area contributed by atoms with Crippen LogP contribution in [0, 0.1) is 6.92 Å². The number of aryl methyl sites for hydroxylation is 2. The number of benzene rings is 1. The van der Waals surface area contributed by atoms with Gasteiger partial charge in [0.05, 0.1) is 0 Å². The lowest BCUT2D eigenvalue weighted by atomic mass is 10.1. The van der Waals surface area contributed by atoms with E-state index in [1.54, 1.807) is 6.92 Å². The molecule has 1 aliphatic heterocycles. The van der Waals surface area contributed by atoms with Crippen molar-refractivity contribution in [1.29, 1.82) is 0 Å². The summed E-state index contributed by atoms with van der Waals surface area (Å²) in [7, 11) is 0. The number of piperidine rings is 1. The first-order valence-corrected chi connectivity index (χ1v) is 9.13. The van der Waals surface area contributed by atoms with Crippen LogP contribution in [0.15, 0.2) is 22.6 Å². The van der Waals surface area contributed by atoms with Crippen LogP contribution in [0.5, 0.6) is 0 Å². The van der Waals surface area contributed by atoms with Gasteiger partial charge in [0.2, 0.25) is 5.91 Å². The van der Waals surface area contributed by atoms with E-state index in [2.05, 4.69) is 18.3 Å². The highest BCUT2D eigenvalue weighted by Gasteiger charge is 2.26. The summed E-state index contributed by atoms with van der Waals surface area (Å²) in [5, 5.41) is 3.76. The van der Waals surface area contributed by atoms with Crippen LogP contribution < -0.4 is 5.32 Å². The highest BCUT2D eigenvalue weighted by molar-refractivity contribution is 6.00. The number of nitrogens with zero attached hydrogens (tertiary/aromatic N) is 1. The number of likely N-dealkylation sites (tertiary alicyclic amines) is 1. The molecule has 0 radical (unpaired) electrons. The summed E-state index contributed by atoms with van der Waals surface area (Å²) in [6, 6.07) is 5.42. The fourth-order valence-electron chi connectivity index (χ4n) is 3.42. The Hall–Kier alpha value is -2.30. The van der Waals surface area contributed by atoms with E-state index < -0.39 is 6.04 Å². The maximum Gasteiger partial charge on any atom is 0.287 e. The maximum atomic E-state index is 12.6. The van der Waals surface area contributed by atoms with Crippen LogP contribution in [-0.4, -0.2) is 35.8 Å². The summed E-state index contributed by atoms with van der Waals surface area (Å²) in [5.41, 5.74) is 2.73. The molecule has 5 nitrogen and oxygen atoms in total. The highest BCUT2D eigenvalue weighted by Crippen LogP contribution is 2.26. The van der Waals surface area contributed by atoms with Gasteiger partial charge >= 0.3 is 0 Å². The topological polar surface area (TPSA) is 62.6 Å². The molecule has 134 valence electrons. The molecule has 0 spiro atoms. The van der Waals surface area contributed by atoms with Gasteiger partial charge in [-0.1, -0.05) is 13.0 Å². The molecule has 1 N–H and O–H groups in total. The Labute approximate surface area is 148 Å². The molecule has 25 heavy (non-hydrogen) atoms. The van der Waals surface area contributed by atoms with Crippen molar-refractivity contribution in [1.82, 2.24) is 10.2 Å². The largest absolute Gasteiger partial charge is 0.451 e. The Kier molecular flexibility index (Phi) is 5.11. The summed E-state index contributed by atoms with van der Waals surface area (Å²) >= 11 is 0. The number of fused-ring (bicyclic) bond motifs is 1. The van der Waals surface area contributed by atoms with E-state index >= 15 is 0 Å². The average molecular weight is 342 g/mol. The number of carbonyl (C=O) groups excluding carboxylic acids is 2. The van der Waals surface area contributed by atoms with Crippen molar-refractivity contribution in [3.63, 3.8) is 0 Å². The maximum absolute atomic E-state index is 12.6. The molecule has 0 saturated carbocycles. The van der Waals surface area contributed by atoms with Crippen LogP contribution in [0.3, 0.4) is 0 Å². The van der Waals surface area contributed by atoms with Crippen LogP contribution in [0.2, 0.25) is 0 Å². The van der Waals surface area contributed by atoms with E-state index in [-0.39, 0.29) is 11.8 Å². The van der Waals surface area contributed by atoms with Gasteiger partial charge in [0.25, 0.3) is 5.91 Å². The lowest BCUT2D eigenvalue weighted by molar-refractivity contribution is -0.133. The SMILES string of the molecule is CCc1ccc2oc(C(=O)NC(C)C(=O)N3CCCCC3)c(C)c2c1. The molecule has 1 aromatic heterocycles. The number of hydrogen-bond donors (Lipinski definition) is 1. The number of amides is 2. The molecule has 2 heterocycles. The predicted octanol–water partition coefficient (Wildman–Crippen LogP) is 3.43. The first kappa shape index (κ1) is 17.5. The molecule has 2 aromatic rings. The quantitative estimate of drug-likeness (QED) is 0.926. The minimum atomic E-state index is -0.551. The van der Waals surface area contributed by atoms with Crippen molar-refractivity contribution in [2.24, 2.45) is 0 Å². The lowest BCUT2D eigenvalue weighted by Crippen LogP contribution is -2.48. The molecule has 0 bridgehead atoms. The van der Waals surface area contributed by atoms with Gasteiger partial charge in [0.15, 0.2) is 5.76 Å². The van der Waals surface area contributed by atoms with E-state index in [9.17, 15) is 9.59 Å². The van der Waals surface area contributed by atoms with Crippen molar-refractivity contribution in [3.05, 3.63) is 35.1 Å². The third-order valence-electron chi connectivity index (χ3n) is 5.00. The zero-order valence-electron chi connectivity index (χ0n) is 15.2. The number of nitrogens with one attached hydrogen (secondary N) is 1. The van der Waals surface area contributed by atoms with Crippen LogP contribution in [0.1, 0.15) is 54.8 Å². The van der Waals surface area contributed by atoms with Gasteiger partial charge in [0, 0.05) is 24.0 Å². The fourth-order valence-corrected chi connectivity index (χ4v) is 3.42.